The number of hydrogen-bond acceptors (Lipinski definition) is 3. The first-order chi connectivity index (χ1) is 23.7. The Balaban J connectivity index is 1.04. The van der Waals surface area contributed by atoms with E-state index in [2.05, 4.69) is 113 Å². The van der Waals surface area contributed by atoms with E-state index in [1.54, 1.807) is 0 Å². The smallest absolute Gasteiger partial charge is 0.127 e. The zero-order valence-electron chi connectivity index (χ0n) is 25.8. The van der Waals surface area contributed by atoms with Gasteiger partial charge in [-0.05, 0) is 68.7 Å². The molecule has 4 heterocycles. The van der Waals surface area contributed by atoms with Gasteiger partial charge in [0, 0.05) is 40.9 Å². The Hall–Kier alpha value is -6.33. The summed E-state index contributed by atoms with van der Waals surface area (Å²) in [6, 6.07) is 44.9. The highest BCUT2D eigenvalue weighted by atomic mass is 19.1. The van der Waals surface area contributed by atoms with E-state index in [0.717, 1.165) is 51.3 Å². The molecule has 0 saturated carbocycles. The van der Waals surface area contributed by atoms with E-state index >= 15 is 4.39 Å². The van der Waals surface area contributed by atoms with Crippen molar-refractivity contribution in [2.45, 2.75) is 0 Å². The molecule has 0 saturated heterocycles. The van der Waals surface area contributed by atoms with Crippen LogP contribution in [0.25, 0.3) is 88.9 Å². The van der Waals surface area contributed by atoms with Gasteiger partial charge in [0.15, 0.2) is 0 Å². The SMILES string of the molecule is Fc1cc(-c2ccc(-n3c4c(c5ccccc53)NCC=C4)cc2)nc(-c2cccc(-c3ccc4ccc5cccc6ccc3c4c56)n2)c1. The predicted molar refractivity (Wildman–Crippen MR) is 196 cm³/mol. The summed E-state index contributed by atoms with van der Waals surface area (Å²) in [5, 5.41) is 12.0. The third kappa shape index (κ3) is 4.07. The van der Waals surface area contributed by atoms with Crippen LogP contribution in [0, 0.1) is 5.82 Å². The van der Waals surface area contributed by atoms with E-state index in [0.29, 0.717) is 17.1 Å². The lowest BCUT2D eigenvalue weighted by molar-refractivity contribution is 0.627. The van der Waals surface area contributed by atoms with Gasteiger partial charge in [0.2, 0.25) is 0 Å². The van der Waals surface area contributed by atoms with Gasteiger partial charge in [-0.1, -0.05) is 97.1 Å². The van der Waals surface area contributed by atoms with E-state index in [1.165, 1.54) is 44.5 Å². The van der Waals surface area contributed by atoms with Gasteiger partial charge in [-0.25, -0.2) is 14.4 Å². The van der Waals surface area contributed by atoms with E-state index < -0.39 is 0 Å². The molecule has 9 aromatic rings. The highest BCUT2D eigenvalue weighted by molar-refractivity contribution is 6.25. The number of fused-ring (bicyclic) bond motifs is 3. The van der Waals surface area contributed by atoms with Crippen molar-refractivity contribution in [2.24, 2.45) is 0 Å². The normalized spacial score (nSPS) is 12.7. The van der Waals surface area contributed by atoms with Crippen LogP contribution in [0.4, 0.5) is 10.1 Å². The van der Waals surface area contributed by atoms with Crippen LogP contribution in [0.15, 0.2) is 140 Å². The minimum Gasteiger partial charge on any atom is -0.379 e. The molecule has 3 aromatic heterocycles. The molecule has 226 valence electrons. The van der Waals surface area contributed by atoms with Crippen molar-refractivity contribution in [2.75, 3.05) is 11.9 Å². The van der Waals surface area contributed by atoms with Gasteiger partial charge in [0.1, 0.15) is 5.82 Å². The number of para-hydroxylation sites is 1. The first kappa shape index (κ1) is 26.8. The van der Waals surface area contributed by atoms with Gasteiger partial charge in [0.25, 0.3) is 0 Å². The number of aromatic nitrogens is 3. The fraction of sp³-hybridized carbons (Fsp3) is 0.0233. The molecule has 1 aliphatic rings. The summed E-state index contributed by atoms with van der Waals surface area (Å²) in [6.07, 6.45) is 4.31. The molecule has 0 fully saturated rings. The van der Waals surface area contributed by atoms with E-state index in [4.69, 9.17) is 9.97 Å². The monoisotopic (exact) mass is 618 g/mol. The van der Waals surface area contributed by atoms with E-state index in [1.807, 2.05) is 30.3 Å². The first-order valence-electron chi connectivity index (χ1n) is 16.2. The standard InChI is InChI=1S/C43H27FN4/c44-30-24-37(26-15-19-31(20-16-26)48-39-11-2-1-8-34(39)43-40(48)12-5-23-45-43)47-38(25-30)36-10-4-9-35(46-36)32-21-17-29-14-13-27-6-3-7-28-18-22-33(32)42(29)41(27)28/h1-22,24-25,45H,23H2. The minimum atomic E-state index is -0.351. The predicted octanol–water partition coefficient (Wildman–Crippen LogP) is 10.9. The van der Waals surface area contributed by atoms with Gasteiger partial charge < -0.3 is 9.88 Å². The number of anilines is 1. The third-order valence-corrected chi connectivity index (χ3v) is 9.61. The Kier molecular flexibility index (Phi) is 5.78. The second-order valence-electron chi connectivity index (χ2n) is 12.4. The minimum absolute atomic E-state index is 0.351. The molecule has 0 atom stereocenters. The molecule has 1 N–H and O–H groups in total. The van der Waals surface area contributed by atoms with Crippen LogP contribution in [0.1, 0.15) is 5.69 Å². The van der Waals surface area contributed by atoms with E-state index in [-0.39, 0.29) is 5.82 Å². The molecule has 1 aliphatic heterocycles. The number of pyridine rings is 2. The van der Waals surface area contributed by atoms with Crippen LogP contribution in [-0.4, -0.2) is 21.1 Å². The lowest BCUT2D eigenvalue weighted by atomic mass is 9.91. The van der Waals surface area contributed by atoms with Crippen LogP contribution in [0.2, 0.25) is 0 Å². The molecule has 4 nitrogen and oxygen atoms in total. The molecule has 10 rings (SSSR count). The molecule has 6 aromatic carbocycles. The van der Waals surface area contributed by atoms with Gasteiger partial charge in [-0.3, -0.25) is 0 Å². The Morgan fingerprint density at radius 1 is 0.583 bits per heavy atom. The van der Waals surface area contributed by atoms with Crippen LogP contribution in [-0.2, 0) is 0 Å². The van der Waals surface area contributed by atoms with Gasteiger partial charge in [-0.2, -0.15) is 0 Å². The van der Waals surface area contributed by atoms with Crippen molar-refractivity contribution in [1.82, 2.24) is 14.5 Å². The maximum atomic E-state index is 15.2. The molecule has 0 radical (unpaired) electrons. The van der Waals surface area contributed by atoms with Gasteiger partial charge >= 0.3 is 0 Å². The van der Waals surface area contributed by atoms with Crippen LogP contribution < -0.4 is 5.32 Å². The molecule has 0 spiro atoms. The summed E-state index contributed by atoms with van der Waals surface area (Å²) < 4.78 is 17.5. The molecule has 0 unspecified atom stereocenters. The van der Waals surface area contributed by atoms with Crippen molar-refractivity contribution in [3.8, 4) is 39.6 Å². The molecular weight excluding hydrogens is 591 g/mol. The van der Waals surface area contributed by atoms with Crippen LogP contribution in [0.3, 0.4) is 0 Å². The summed E-state index contributed by atoms with van der Waals surface area (Å²) in [5.41, 5.74) is 8.82. The second kappa shape index (κ2) is 10.3. The van der Waals surface area contributed by atoms with Crippen molar-refractivity contribution >= 4 is 55.0 Å². The Labute approximate surface area is 275 Å². The van der Waals surface area contributed by atoms with Crippen LogP contribution >= 0.6 is 0 Å². The fourth-order valence-corrected chi connectivity index (χ4v) is 7.46. The van der Waals surface area contributed by atoms with Crippen molar-refractivity contribution < 1.29 is 4.39 Å². The topological polar surface area (TPSA) is 42.7 Å². The Morgan fingerprint density at radius 2 is 1.29 bits per heavy atom. The summed E-state index contributed by atoms with van der Waals surface area (Å²) in [7, 11) is 0. The average Bonchev–Trinajstić information content (AvgIpc) is 3.48. The van der Waals surface area contributed by atoms with Gasteiger partial charge in [0.05, 0.1) is 39.7 Å². The zero-order chi connectivity index (χ0) is 31.8. The lowest BCUT2D eigenvalue weighted by Crippen LogP contribution is -2.05. The fourth-order valence-electron chi connectivity index (χ4n) is 7.46. The number of hydrogen-bond donors (Lipinski definition) is 1. The second-order valence-corrected chi connectivity index (χ2v) is 12.4. The average molecular weight is 619 g/mol. The Bertz CT molecular complexity index is 2720. The molecule has 48 heavy (non-hydrogen) atoms. The molecule has 0 bridgehead atoms. The zero-order valence-corrected chi connectivity index (χ0v) is 25.8. The highest BCUT2D eigenvalue weighted by Crippen LogP contribution is 2.40. The summed E-state index contributed by atoms with van der Waals surface area (Å²) >= 11 is 0. The third-order valence-electron chi connectivity index (χ3n) is 9.61. The molecule has 0 aliphatic carbocycles. The number of rotatable bonds is 4. The quantitative estimate of drug-likeness (QED) is 0.200. The summed E-state index contributed by atoms with van der Waals surface area (Å²) in [5.74, 6) is -0.351. The van der Waals surface area contributed by atoms with Gasteiger partial charge in [-0.15, -0.1) is 0 Å². The number of halogens is 1. The molecule has 5 heteroatoms. The largest absolute Gasteiger partial charge is 0.379 e. The number of nitrogens with zero attached hydrogens (tertiary/aromatic N) is 3. The van der Waals surface area contributed by atoms with E-state index in [9.17, 15) is 0 Å². The summed E-state index contributed by atoms with van der Waals surface area (Å²) in [6.45, 7) is 0.809. The van der Waals surface area contributed by atoms with Crippen molar-refractivity contribution in [1.29, 1.82) is 0 Å². The molecular formula is C43H27FN4. The number of nitrogens with one attached hydrogen (secondary N) is 1. The summed E-state index contributed by atoms with van der Waals surface area (Å²) in [4.78, 5) is 9.96. The van der Waals surface area contributed by atoms with Crippen LogP contribution in [0.5, 0.6) is 0 Å². The van der Waals surface area contributed by atoms with Crippen molar-refractivity contribution in [3.05, 3.63) is 151 Å². The number of benzene rings is 6. The maximum absolute atomic E-state index is 15.2. The Morgan fingerprint density at radius 3 is 2.17 bits per heavy atom. The lowest BCUT2D eigenvalue weighted by Gasteiger charge is -2.14. The highest BCUT2D eigenvalue weighted by Gasteiger charge is 2.19. The molecule has 0 amide bonds. The van der Waals surface area contributed by atoms with Crippen molar-refractivity contribution in [3.63, 3.8) is 0 Å². The first-order valence-corrected chi connectivity index (χ1v) is 16.2. The maximum Gasteiger partial charge on any atom is 0.127 e.